The monoisotopic (exact) mass is 490 g/mol. The summed E-state index contributed by atoms with van der Waals surface area (Å²) in [4.78, 5) is 11.8. The van der Waals surface area contributed by atoms with Gasteiger partial charge in [0.2, 0.25) is 5.91 Å². The first-order chi connectivity index (χ1) is 16.0. The van der Waals surface area contributed by atoms with Crippen molar-refractivity contribution in [3.8, 4) is 0 Å². The molecular formula is C24H28F6N2O2. The Hall–Kier alpha value is -2.33. The topological polar surface area (TPSA) is 50.4 Å². The van der Waals surface area contributed by atoms with Gasteiger partial charge < -0.3 is 15.4 Å². The van der Waals surface area contributed by atoms with Crippen LogP contribution in [0.15, 0.2) is 42.5 Å². The maximum atomic E-state index is 13.1. The Morgan fingerprint density at radius 3 is 2.29 bits per heavy atom. The number of alkyl halides is 6. The molecule has 0 spiro atoms. The Kier molecular flexibility index (Phi) is 8.46. The highest BCUT2D eigenvalue weighted by Crippen LogP contribution is 2.36. The molecule has 1 aromatic carbocycles. The van der Waals surface area contributed by atoms with Crippen molar-refractivity contribution in [2.75, 3.05) is 13.2 Å². The summed E-state index contributed by atoms with van der Waals surface area (Å²) in [6.45, 7) is 1.96. The summed E-state index contributed by atoms with van der Waals surface area (Å²) in [5, 5.41) is 6.35. The molecule has 10 heteroatoms. The van der Waals surface area contributed by atoms with Crippen molar-refractivity contribution in [3.05, 3.63) is 59.2 Å². The van der Waals surface area contributed by atoms with Gasteiger partial charge in [0, 0.05) is 31.0 Å². The number of rotatable bonds is 6. The molecule has 1 aliphatic carbocycles. The first-order valence-electron chi connectivity index (χ1n) is 11.2. The van der Waals surface area contributed by atoms with Crippen molar-refractivity contribution in [1.82, 2.24) is 10.6 Å². The van der Waals surface area contributed by atoms with Crippen molar-refractivity contribution < 1.29 is 35.9 Å². The second kappa shape index (κ2) is 10.9. The molecule has 3 rings (SSSR count). The fourth-order valence-corrected chi connectivity index (χ4v) is 4.35. The van der Waals surface area contributed by atoms with Crippen LogP contribution in [-0.4, -0.2) is 31.1 Å². The van der Waals surface area contributed by atoms with Gasteiger partial charge in [-0.3, -0.25) is 4.79 Å². The highest BCUT2D eigenvalue weighted by Gasteiger charge is 2.37. The number of ether oxygens (including phenoxy) is 1. The van der Waals surface area contributed by atoms with E-state index in [1.165, 1.54) is 0 Å². The fourth-order valence-electron chi connectivity index (χ4n) is 4.35. The van der Waals surface area contributed by atoms with E-state index in [4.69, 9.17) is 4.74 Å². The summed E-state index contributed by atoms with van der Waals surface area (Å²) in [6, 6.07) is 1.18. The lowest BCUT2D eigenvalue weighted by molar-refractivity contribution is -0.143. The van der Waals surface area contributed by atoms with Crippen LogP contribution in [0.1, 0.15) is 42.9 Å². The standard InChI is InChI=1S/C24H28F6N2O2/c1-2-22(33)32-19-8-7-16-5-3-4-6-20(16)21(31-12-19)14-34-13-15-9-17(23(25,26)27)11-18(10-15)24(28,29)30/h3-6,9-11,16,19-21,31H,2,7-8,12-14H2,1H3,(H,32,33)/t16?,19-,20?,21+/m0/s1. The van der Waals surface area contributed by atoms with Gasteiger partial charge in [0.1, 0.15) is 0 Å². The van der Waals surface area contributed by atoms with Crippen molar-refractivity contribution in [2.24, 2.45) is 11.8 Å². The third kappa shape index (κ3) is 7.09. The predicted molar refractivity (Wildman–Crippen MR) is 115 cm³/mol. The van der Waals surface area contributed by atoms with Crippen LogP contribution in [0, 0.1) is 11.8 Å². The van der Waals surface area contributed by atoms with Gasteiger partial charge in [-0.05, 0) is 42.5 Å². The lowest BCUT2D eigenvalue weighted by Gasteiger charge is -2.37. The van der Waals surface area contributed by atoms with Crippen LogP contribution in [0.4, 0.5) is 26.3 Å². The van der Waals surface area contributed by atoms with E-state index >= 15 is 0 Å². The number of nitrogens with one attached hydrogen (secondary N) is 2. The highest BCUT2D eigenvalue weighted by atomic mass is 19.4. The normalized spacial score (nSPS) is 25.4. The summed E-state index contributed by atoms with van der Waals surface area (Å²) in [7, 11) is 0. The molecule has 4 nitrogen and oxygen atoms in total. The second-order valence-corrected chi connectivity index (χ2v) is 8.65. The summed E-state index contributed by atoms with van der Waals surface area (Å²) in [5.41, 5.74) is -2.92. The SMILES string of the molecule is CCC(=O)N[C@H]1CCC2C=CC=CC2[C@@H](COCc2cc(C(F)(F)F)cc(C(F)(F)F)c2)NC1. The van der Waals surface area contributed by atoms with Crippen molar-refractivity contribution in [1.29, 1.82) is 0 Å². The fraction of sp³-hybridized carbons (Fsp3) is 0.542. The zero-order valence-electron chi connectivity index (χ0n) is 18.7. The quantitative estimate of drug-likeness (QED) is 0.536. The number of hydrogen-bond acceptors (Lipinski definition) is 3. The molecule has 0 radical (unpaired) electrons. The van der Waals surface area contributed by atoms with Crippen LogP contribution in [0.3, 0.4) is 0 Å². The molecular weight excluding hydrogens is 462 g/mol. The summed E-state index contributed by atoms with van der Waals surface area (Å²) in [5.74, 6) is 0.179. The van der Waals surface area contributed by atoms with Gasteiger partial charge in [0.25, 0.3) is 0 Å². The van der Waals surface area contributed by atoms with E-state index in [2.05, 4.69) is 16.7 Å². The molecule has 0 bridgehead atoms. The maximum absolute atomic E-state index is 13.1. The second-order valence-electron chi connectivity index (χ2n) is 8.65. The Balaban J connectivity index is 1.71. The predicted octanol–water partition coefficient (Wildman–Crippen LogP) is 5.25. The van der Waals surface area contributed by atoms with E-state index in [0.29, 0.717) is 25.1 Å². The van der Waals surface area contributed by atoms with E-state index in [1.54, 1.807) is 6.92 Å². The number of halogens is 6. The van der Waals surface area contributed by atoms with E-state index in [0.717, 1.165) is 12.8 Å². The Morgan fingerprint density at radius 2 is 1.68 bits per heavy atom. The van der Waals surface area contributed by atoms with Crippen molar-refractivity contribution >= 4 is 5.91 Å². The Labute approximate surface area is 194 Å². The first-order valence-corrected chi connectivity index (χ1v) is 11.2. The zero-order chi connectivity index (χ0) is 24.9. The Bertz CT molecular complexity index is 877. The largest absolute Gasteiger partial charge is 0.416 e. The lowest BCUT2D eigenvalue weighted by atomic mass is 9.78. The number of amides is 1. The van der Waals surface area contributed by atoms with E-state index in [-0.39, 0.29) is 48.1 Å². The lowest BCUT2D eigenvalue weighted by Crippen LogP contribution is -2.51. The maximum Gasteiger partial charge on any atom is 0.416 e. The van der Waals surface area contributed by atoms with Crippen LogP contribution >= 0.6 is 0 Å². The molecule has 1 aromatic rings. The van der Waals surface area contributed by atoms with Crippen molar-refractivity contribution in [3.63, 3.8) is 0 Å². The average Bonchev–Trinajstić information content (AvgIpc) is 2.77. The molecule has 0 aromatic heterocycles. The zero-order valence-corrected chi connectivity index (χ0v) is 18.7. The molecule has 4 atom stereocenters. The molecule has 2 aliphatic rings. The number of allylic oxidation sites excluding steroid dienone is 3. The summed E-state index contributed by atoms with van der Waals surface area (Å²) < 4.78 is 84.3. The molecule has 1 heterocycles. The average molecular weight is 490 g/mol. The van der Waals surface area contributed by atoms with Crippen LogP contribution < -0.4 is 10.6 Å². The van der Waals surface area contributed by atoms with Crippen LogP contribution in [-0.2, 0) is 28.5 Å². The third-order valence-electron chi connectivity index (χ3n) is 6.14. The van der Waals surface area contributed by atoms with Crippen LogP contribution in [0.5, 0.6) is 0 Å². The van der Waals surface area contributed by atoms with Gasteiger partial charge in [-0.1, -0.05) is 31.2 Å². The molecule has 0 saturated carbocycles. The molecule has 1 amide bonds. The number of benzene rings is 1. The molecule has 2 N–H and O–H groups in total. The summed E-state index contributed by atoms with van der Waals surface area (Å²) >= 11 is 0. The van der Waals surface area contributed by atoms with Gasteiger partial charge in [0.15, 0.2) is 0 Å². The van der Waals surface area contributed by atoms with Crippen molar-refractivity contribution in [2.45, 2.75) is 57.2 Å². The van der Waals surface area contributed by atoms with E-state index < -0.39 is 30.1 Å². The van der Waals surface area contributed by atoms with Crippen LogP contribution in [0.2, 0.25) is 0 Å². The molecule has 2 unspecified atom stereocenters. The van der Waals surface area contributed by atoms with Gasteiger partial charge >= 0.3 is 12.4 Å². The minimum absolute atomic E-state index is 0.0548. The molecule has 1 fully saturated rings. The summed E-state index contributed by atoms with van der Waals surface area (Å²) in [6.07, 6.45) is 0.154. The number of carbonyl (C=O) groups excluding carboxylic acids is 1. The molecule has 1 aliphatic heterocycles. The third-order valence-corrected chi connectivity index (χ3v) is 6.14. The molecule has 188 valence electrons. The Morgan fingerprint density at radius 1 is 1.03 bits per heavy atom. The van der Waals surface area contributed by atoms with E-state index in [9.17, 15) is 31.1 Å². The number of fused-ring (bicyclic) bond motifs is 1. The van der Waals surface area contributed by atoms with Crippen LogP contribution in [0.25, 0.3) is 0 Å². The number of hydrogen-bond donors (Lipinski definition) is 2. The first kappa shape index (κ1) is 26.3. The highest BCUT2D eigenvalue weighted by molar-refractivity contribution is 5.75. The van der Waals surface area contributed by atoms with Gasteiger partial charge in [-0.15, -0.1) is 0 Å². The molecule has 1 saturated heterocycles. The van der Waals surface area contributed by atoms with Gasteiger partial charge in [-0.2, -0.15) is 26.3 Å². The minimum atomic E-state index is -4.90. The number of carbonyl (C=O) groups is 1. The molecule has 34 heavy (non-hydrogen) atoms. The minimum Gasteiger partial charge on any atom is -0.375 e. The van der Waals surface area contributed by atoms with E-state index in [1.807, 2.05) is 18.2 Å². The van der Waals surface area contributed by atoms with Gasteiger partial charge in [0.05, 0.1) is 24.3 Å². The smallest absolute Gasteiger partial charge is 0.375 e. The van der Waals surface area contributed by atoms with Gasteiger partial charge in [-0.25, -0.2) is 0 Å².